The Balaban J connectivity index is 2.15. The molecule has 0 saturated heterocycles. The van der Waals surface area contributed by atoms with E-state index in [1.807, 2.05) is 6.08 Å². The highest BCUT2D eigenvalue weighted by Crippen LogP contribution is 2.16. The second kappa shape index (κ2) is 7.26. The van der Waals surface area contributed by atoms with E-state index < -0.39 is 0 Å². The van der Waals surface area contributed by atoms with E-state index in [1.165, 1.54) is 0 Å². The van der Waals surface area contributed by atoms with Gasteiger partial charge in [0.1, 0.15) is 5.82 Å². The Morgan fingerprint density at radius 2 is 2.40 bits per heavy atom. The first-order chi connectivity index (χ1) is 7.34. The molecule has 15 heavy (non-hydrogen) atoms. The van der Waals surface area contributed by atoms with Crippen LogP contribution in [0.4, 0.5) is 5.82 Å². The predicted octanol–water partition coefficient (Wildman–Crippen LogP) is 2.74. The van der Waals surface area contributed by atoms with Crippen LogP contribution in [0.3, 0.4) is 0 Å². The van der Waals surface area contributed by atoms with Gasteiger partial charge < -0.3 is 10.1 Å². The van der Waals surface area contributed by atoms with Crippen molar-refractivity contribution in [3.63, 3.8) is 0 Å². The first-order valence-electron chi connectivity index (χ1n) is 4.87. The lowest BCUT2D eigenvalue weighted by Crippen LogP contribution is -2.10. The van der Waals surface area contributed by atoms with E-state index in [1.54, 1.807) is 18.3 Å². The molecule has 0 aliphatic heterocycles. The van der Waals surface area contributed by atoms with E-state index in [4.69, 9.17) is 16.3 Å². The number of ether oxygens (including phenoxy) is 1. The van der Waals surface area contributed by atoms with Crippen molar-refractivity contribution in [2.24, 2.45) is 0 Å². The quantitative estimate of drug-likeness (QED) is 0.574. The van der Waals surface area contributed by atoms with Gasteiger partial charge in [0.05, 0.1) is 18.2 Å². The van der Waals surface area contributed by atoms with Crippen LogP contribution in [0.25, 0.3) is 0 Å². The minimum Gasteiger partial charge on any atom is -0.379 e. The third-order valence-electron chi connectivity index (χ3n) is 1.76. The van der Waals surface area contributed by atoms with E-state index in [0.717, 1.165) is 6.42 Å². The monoisotopic (exact) mass is 226 g/mol. The summed E-state index contributed by atoms with van der Waals surface area (Å²) in [4.78, 5) is 4.10. The van der Waals surface area contributed by atoms with Crippen molar-refractivity contribution in [3.8, 4) is 0 Å². The van der Waals surface area contributed by atoms with E-state index in [-0.39, 0.29) is 0 Å². The summed E-state index contributed by atoms with van der Waals surface area (Å²) in [5.74, 6) is 0.700. The van der Waals surface area contributed by atoms with Crippen molar-refractivity contribution in [1.29, 1.82) is 0 Å². The zero-order chi connectivity index (χ0) is 10.9. The third kappa shape index (κ3) is 4.81. The average Bonchev–Trinajstić information content (AvgIpc) is 2.25. The van der Waals surface area contributed by atoms with Gasteiger partial charge in [-0.05, 0) is 18.6 Å². The molecule has 0 fully saturated rings. The molecule has 0 amide bonds. The van der Waals surface area contributed by atoms with Crippen LogP contribution in [0, 0.1) is 0 Å². The molecule has 0 radical (unpaired) electrons. The van der Waals surface area contributed by atoms with Crippen molar-refractivity contribution in [1.82, 2.24) is 4.98 Å². The van der Waals surface area contributed by atoms with Crippen LogP contribution in [0.5, 0.6) is 0 Å². The van der Waals surface area contributed by atoms with Crippen LogP contribution in [-0.4, -0.2) is 24.7 Å². The molecule has 0 saturated carbocycles. The molecule has 0 aliphatic rings. The standard InChI is InChI=1S/C11H15ClN2O/c1-2-3-8-15-9-7-14-11-10(12)5-4-6-13-11/h2,4-6H,1,3,7-9H2,(H,13,14). The van der Waals surface area contributed by atoms with Crippen molar-refractivity contribution in [3.05, 3.63) is 36.0 Å². The summed E-state index contributed by atoms with van der Waals surface area (Å²) in [6, 6.07) is 3.60. The maximum atomic E-state index is 5.91. The molecular formula is C11H15ClN2O. The average molecular weight is 227 g/mol. The Labute approximate surface area is 95.1 Å². The first-order valence-corrected chi connectivity index (χ1v) is 5.25. The number of nitrogens with one attached hydrogen (secondary N) is 1. The van der Waals surface area contributed by atoms with Crippen LogP contribution in [0.1, 0.15) is 6.42 Å². The largest absolute Gasteiger partial charge is 0.379 e. The molecule has 1 aromatic heterocycles. The van der Waals surface area contributed by atoms with Crippen LogP contribution in [0.15, 0.2) is 31.0 Å². The van der Waals surface area contributed by atoms with Gasteiger partial charge in [0.25, 0.3) is 0 Å². The number of nitrogens with zero attached hydrogens (tertiary/aromatic N) is 1. The summed E-state index contributed by atoms with van der Waals surface area (Å²) in [7, 11) is 0. The summed E-state index contributed by atoms with van der Waals surface area (Å²) < 4.78 is 5.33. The van der Waals surface area contributed by atoms with Crippen molar-refractivity contribution < 1.29 is 4.74 Å². The second-order valence-corrected chi connectivity index (χ2v) is 3.36. The fourth-order valence-corrected chi connectivity index (χ4v) is 1.21. The molecule has 1 N–H and O–H groups in total. The van der Waals surface area contributed by atoms with Gasteiger partial charge in [0.15, 0.2) is 0 Å². The molecule has 1 rings (SSSR count). The van der Waals surface area contributed by atoms with Gasteiger partial charge in [-0.25, -0.2) is 4.98 Å². The molecular weight excluding hydrogens is 212 g/mol. The molecule has 0 aliphatic carbocycles. The van der Waals surface area contributed by atoms with Gasteiger partial charge in [-0.2, -0.15) is 0 Å². The van der Waals surface area contributed by atoms with E-state index in [9.17, 15) is 0 Å². The van der Waals surface area contributed by atoms with Crippen LogP contribution >= 0.6 is 11.6 Å². The Kier molecular flexibility index (Phi) is 5.81. The van der Waals surface area contributed by atoms with Crippen LogP contribution in [-0.2, 0) is 4.74 Å². The van der Waals surface area contributed by atoms with Gasteiger partial charge in [0.2, 0.25) is 0 Å². The number of halogens is 1. The normalized spacial score (nSPS) is 9.93. The summed E-state index contributed by atoms with van der Waals surface area (Å²) in [5.41, 5.74) is 0. The van der Waals surface area contributed by atoms with Gasteiger partial charge in [-0.15, -0.1) is 6.58 Å². The van der Waals surface area contributed by atoms with Crippen LogP contribution < -0.4 is 5.32 Å². The molecule has 0 aromatic carbocycles. The number of rotatable bonds is 7. The Morgan fingerprint density at radius 3 is 3.13 bits per heavy atom. The van der Waals surface area contributed by atoms with Gasteiger partial charge >= 0.3 is 0 Å². The SMILES string of the molecule is C=CCCOCCNc1ncccc1Cl. The van der Waals surface area contributed by atoms with Gasteiger partial charge in [0, 0.05) is 12.7 Å². The minimum absolute atomic E-state index is 0.628. The van der Waals surface area contributed by atoms with E-state index in [2.05, 4.69) is 16.9 Å². The highest BCUT2D eigenvalue weighted by atomic mass is 35.5. The summed E-state index contributed by atoms with van der Waals surface area (Å²) in [5, 5.41) is 3.72. The number of hydrogen-bond acceptors (Lipinski definition) is 3. The summed E-state index contributed by atoms with van der Waals surface area (Å²) in [6.45, 7) is 5.67. The molecule has 1 aromatic rings. The van der Waals surface area contributed by atoms with Crippen molar-refractivity contribution in [2.45, 2.75) is 6.42 Å². The summed E-state index contributed by atoms with van der Waals surface area (Å²) >= 11 is 5.91. The Bertz CT molecular complexity index is 304. The van der Waals surface area contributed by atoms with Crippen molar-refractivity contribution in [2.75, 3.05) is 25.1 Å². The Morgan fingerprint density at radius 1 is 1.53 bits per heavy atom. The number of pyridine rings is 1. The van der Waals surface area contributed by atoms with Gasteiger partial charge in [-0.1, -0.05) is 17.7 Å². The zero-order valence-electron chi connectivity index (χ0n) is 8.58. The molecule has 0 bridgehead atoms. The van der Waals surface area contributed by atoms with Gasteiger partial charge in [-0.3, -0.25) is 0 Å². The van der Waals surface area contributed by atoms with E-state index in [0.29, 0.717) is 30.6 Å². The highest BCUT2D eigenvalue weighted by molar-refractivity contribution is 6.32. The lowest BCUT2D eigenvalue weighted by atomic mass is 10.4. The number of hydrogen-bond donors (Lipinski definition) is 1. The minimum atomic E-state index is 0.628. The summed E-state index contributed by atoms with van der Waals surface area (Å²) in [6.07, 6.45) is 4.42. The number of aromatic nitrogens is 1. The fraction of sp³-hybridized carbons (Fsp3) is 0.364. The topological polar surface area (TPSA) is 34.1 Å². The highest BCUT2D eigenvalue weighted by Gasteiger charge is 1.97. The smallest absolute Gasteiger partial charge is 0.144 e. The molecule has 3 nitrogen and oxygen atoms in total. The third-order valence-corrected chi connectivity index (χ3v) is 2.07. The van der Waals surface area contributed by atoms with Crippen molar-refractivity contribution >= 4 is 17.4 Å². The molecule has 4 heteroatoms. The molecule has 0 unspecified atom stereocenters. The maximum absolute atomic E-state index is 5.91. The molecule has 1 heterocycles. The Hall–Kier alpha value is -1.06. The molecule has 0 atom stereocenters. The lowest BCUT2D eigenvalue weighted by molar-refractivity contribution is 0.149. The first kappa shape index (κ1) is 12.0. The second-order valence-electron chi connectivity index (χ2n) is 2.95. The maximum Gasteiger partial charge on any atom is 0.144 e. The zero-order valence-corrected chi connectivity index (χ0v) is 9.33. The van der Waals surface area contributed by atoms with E-state index >= 15 is 0 Å². The number of anilines is 1. The fourth-order valence-electron chi connectivity index (χ4n) is 1.03. The predicted molar refractivity (Wildman–Crippen MR) is 63.4 cm³/mol. The molecule has 82 valence electrons. The lowest BCUT2D eigenvalue weighted by Gasteiger charge is -2.06. The molecule has 0 spiro atoms. The van der Waals surface area contributed by atoms with Crippen LogP contribution in [0.2, 0.25) is 5.02 Å².